The number of pyridine rings is 1. The van der Waals surface area contributed by atoms with Gasteiger partial charge in [-0.15, -0.1) is 0 Å². The lowest BCUT2D eigenvalue weighted by Gasteiger charge is -2.38. The van der Waals surface area contributed by atoms with E-state index in [9.17, 15) is 35.1 Å². The minimum atomic E-state index is -1.88. The quantitative estimate of drug-likeness (QED) is 0.0916. The summed E-state index contributed by atoms with van der Waals surface area (Å²) in [6.45, 7) is 3.57. The first-order chi connectivity index (χ1) is 25.2. The molecule has 2 aliphatic rings. The predicted molar refractivity (Wildman–Crippen MR) is 204 cm³/mol. The lowest BCUT2D eigenvalue weighted by atomic mass is 9.90. The van der Waals surface area contributed by atoms with Crippen molar-refractivity contribution >= 4 is 58.4 Å². The molecule has 2 heterocycles. The van der Waals surface area contributed by atoms with Gasteiger partial charge in [-0.25, -0.2) is 9.78 Å². The maximum absolute atomic E-state index is 13.1. The van der Waals surface area contributed by atoms with Crippen LogP contribution in [-0.2, 0) is 31.1 Å². The molecule has 0 spiro atoms. The van der Waals surface area contributed by atoms with Gasteiger partial charge in [-0.05, 0) is 91.5 Å². The van der Waals surface area contributed by atoms with Crippen molar-refractivity contribution in [3.63, 3.8) is 0 Å². The van der Waals surface area contributed by atoms with Crippen LogP contribution >= 0.6 is 23.4 Å². The molecular weight excluding hydrogens is 718 g/mol. The number of nitrogens with zero attached hydrogens (tertiary/aromatic N) is 1. The van der Waals surface area contributed by atoms with Crippen molar-refractivity contribution in [3.8, 4) is 0 Å². The van der Waals surface area contributed by atoms with E-state index in [1.165, 1.54) is 0 Å². The molecule has 3 aromatic carbocycles. The van der Waals surface area contributed by atoms with Crippen LogP contribution in [0.5, 0.6) is 0 Å². The standard InChI is InChI=1S/C41H44ClNO9S/c1-40(2,50)30-9-4-3-7-25(30)13-17-32(27-8-5-6-24(20-27)10-15-29-16-12-26-11-14-28(42)21-31(26)43-29)53-23-41(18-19-41)22-33(44)51-39-36(47)34(45)35(46)37(52-39)38(48)49/h3-12,14-16,20-21,32,34-37,39,45-47,50H,13,17-19,22-23H2,1-2H3,(H,48,49)/t32-,34+,35+,36-,37+,39-/m1/s1. The van der Waals surface area contributed by atoms with E-state index >= 15 is 0 Å². The summed E-state index contributed by atoms with van der Waals surface area (Å²) in [7, 11) is 0. The number of aliphatic hydroxyl groups excluding tert-OH is 3. The molecule has 0 unspecified atom stereocenters. The molecule has 4 aromatic rings. The second kappa shape index (κ2) is 16.3. The number of carboxylic acids is 1. The normalized spacial score (nSPS) is 23.2. The zero-order chi connectivity index (χ0) is 37.9. The number of halogens is 1. The maximum Gasteiger partial charge on any atom is 0.335 e. The van der Waals surface area contributed by atoms with Crippen molar-refractivity contribution < 1.29 is 44.6 Å². The Balaban J connectivity index is 1.18. The number of rotatable bonds is 14. The highest BCUT2D eigenvalue weighted by molar-refractivity contribution is 7.99. The molecule has 0 amide bonds. The van der Waals surface area contributed by atoms with Crippen molar-refractivity contribution in [1.82, 2.24) is 4.98 Å². The van der Waals surface area contributed by atoms with Crippen LogP contribution < -0.4 is 0 Å². The first-order valence-corrected chi connectivity index (χ1v) is 19.0. The molecule has 0 radical (unpaired) electrons. The Morgan fingerprint density at radius 3 is 2.49 bits per heavy atom. The summed E-state index contributed by atoms with van der Waals surface area (Å²) in [6, 6.07) is 25.8. The zero-order valence-electron chi connectivity index (χ0n) is 29.5. The van der Waals surface area contributed by atoms with Gasteiger partial charge >= 0.3 is 11.9 Å². The van der Waals surface area contributed by atoms with Gasteiger partial charge in [0.25, 0.3) is 0 Å². The number of thioether (sulfide) groups is 1. The van der Waals surface area contributed by atoms with Crippen molar-refractivity contribution in [2.75, 3.05) is 5.75 Å². The SMILES string of the molecule is CC(C)(O)c1ccccc1CC[C@@H](SCC1(CC(=O)O[C@@H]2O[C@H](C(=O)O)[C@@H](O)[C@H](O)[C@H]2O)CC1)c1cccc(C=Cc2ccc3ccc(Cl)cc3n2)c1. The van der Waals surface area contributed by atoms with E-state index in [2.05, 4.69) is 12.1 Å². The third kappa shape index (κ3) is 9.66. The van der Waals surface area contributed by atoms with Gasteiger partial charge in [0.1, 0.15) is 18.3 Å². The summed E-state index contributed by atoms with van der Waals surface area (Å²) in [5, 5.41) is 52.3. The number of hydrogen-bond acceptors (Lipinski definition) is 10. The number of aromatic nitrogens is 1. The Kier molecular flexibility index (Phi) is 11.9. The van der Waals surface area contributed by atoms with E-state index in [4.69, 9.17) is 26.1 Å². The molecule has 1 saturated carbocycles. The van der Waals surface area contributed by atoms with E-state index in [1.807, 2.05) is 78.9 Å². The van der Waals surface area contributed by atoms with Crippen LogP contribution in [0, 0.1) is 5.41 Å². The molecular formula is C41H44ClNO9S. The van der Waals surface area contributed by atoms with Gasteiger partial charge in [-0.3, -0.25) is 4.79 Å². The summed E-state index contributed by atoms with van der Waals surface area (Å²) in [6.07, 6.45) is -2.07. The maximum atomic E-state index is 13.1. The van der Waals surface area contributed by atoms with Gasteiger partial charge in [0.15, 0.2) is 6.10 Å². The molecule has 6 rings (SSSR count). The van der Waals surface area contributed by atoms with Gasteiger partial charge in [0.2, 0.25) is 6.29 Å². The number of hydrogen-bond donors (Lipinski definition) is 5. The predicted octanol–water partition coefficient (Wildman–Crippen LogP) is 6.30. The smallest absolute Gasteiger partial charge is 0.335 e. The van der Waals surface area contributed by atoms with Crippen molar-refractivity contribution in [1.29, 1.82) is 0 Å². The molecule has 280 valence electrons. The lowest BCUT2D eigenvalue weighted by molar-refractivity contribution is -0.286. The van der Waals surface area contributed by atoms with Crippen LogP contribution in [0.3, 0.4) is 0 Å². The summed E-state index contributed by atoms with van der Waals surface area (Å²) in [5.41, 5.74) is 4.30. The summed E-state index contributed by atoms with van der Waals surface area (Å²) < 4.78 is 10.5. The van der Waals surface area contributed by atoms with Gasteiger partial charge in [-0.1, -0.05) is 78.3 Å². The molecule has 1 aromatic heterocycles. The number of fused-ring (bicyclic) bond motifs is 1. The number of esters is 1. The molecule has 0 bridgehead atoms. The first-order valence-electron chi connectivity index (χ1n) is 17.6. The number of aliphatic carboxylic acids is 1. The monoisotopic (exact) mass is 761 g/mol. The van der Waals surface area contributed by atoms with E-state index in [1.54, 1.807) is 25.6 Å². The summed E-state index contributed by atoms with van der Waals surface area (Å²) >= 11 is 7.94. The second-order valence-electron chi connectivity index (χ2n) is 14.5. The highest BCUT2D eigenvalue weighted by Crippen LogP contribution is 2.53. The van der Waals surface area contributed by atoms with Crippen LogP contribution in [0.1, 0.15) is 72.7 Å². The van der Waals surface area contributed by atoms with Gasteiger partial charge < -0.3 is 35.0 Å². The van der Waals surface area contributed by atoms with Crippen LogP contribution in [0.2, 0.25) is 5.02 Å². The molecule has 6 atom stereocenters. The third-order valence-corrected chi connectivity index (χ3v) is 11.8. The Morgan fingerprint density at radius 1 is 1.00 bits per heavy atom. The van der Waals surface area contributed by atoms with Gasteiger partial charge in [-0.2, -0.15) is 11.8 Å². The highest BCUT2D eigenvalue weighted by Gasteiger charge is 2.50. The van der Waals surface area contributed by atoms with Crippen LogP contribution in [-0.4, -0.2) is 78.9 Å². The van der Waals surface area contributed by atoms with Crippen LogP contribution in [0.15, 0.2) is 78.9 Å². The number of carbonyl (C=O) groups excluding carboxylic acids is 1. The molecule has 1 aliphatic carbocycles. The average molecular weight is 762 g/mol. The fourth-order valence-electron chi connectivity index (χ4n) is 6.66. The van der Waals surface area contributed by atoms with Crippen LogP contribution in [0.25, 0.3) is 23.1 Å². The van der Waals surface area contributed by atoms with Crippen molar-refractivity contribution in [2.24, 2.45) is 5.41 Å². The van der Waals surface area contributed by atoms with E-state index in [0.29, 0.717) is 17.2 Å². The Hall–Kier alpha value is -3.81. The molecule has 2 fully saturated rings. The first kappa shape index (κ1) is 38.9. The Labute approximate surface area is 317 Å². The molecule has 1 saturated heterocycles. The van der Waals surface area contributed by atoms with Gasteiger partial charge in [0.05, 0.1) is 23.2 Å². The fourth-order valence-corrected chi connectivity index (χ4v) is 8.40. The van der Waals surface area contributed by atoms with Gasteiger partial charge in [0, 0.05) is 21.4 Å². The number of carbonyl (C=O) groups is 2. The summed E-state index contributed by atoms with van der Waals surface area (Å²) in [5.74, 6) is -1.60. The minimum absolute atomic E-state index is 0.0178. The van der Waals surface area contributed by atoms with E-state index in [-0.39, 0.29) is 17.1 Å². The highest BCUT2D eigenvalue weighted by atomic mass is 35.5. The minimum Gasteiger partial charge on any atom is -0.479 e. The van der Waals surface area contributed by atoms with Crippen molar-refractivity contribution in [2.45, 2.75) is 87.5 Å². The number of aryl methyl sites for hydroxylation is 1. The number of aliphatic hydroxyl groups is 4. The number of benzene rings is 3. The second-order valence-corrected chi connectivity index (χ2v) is 16.2. The van der Waals surface area contributed by atoms with E-state index in [0.717, 1.165) is 58.1 Å². The van der Waals surface area contributed by atoms with E-state index < -0.39 is 48.2 Å². The molecule has 1 aliphatic heterocycles. The molecule has 53 heavy (non-hydrogen) atoms. The zero-order valence-corrected chi connectivity index (χ0v) is 31.0. The largest absolute Gasteiger partial charge is 0.479 e. The molecule has 5 N–H and O–H groups in total. The Morgan fingerprint density at radius 2 is 1.75 bits per heavy atom. The number of carboxylic acid groups (broad SMARTS) is 1. The number of ether oxygens (including phenoxy) is 2. The topological polar surface area (TPSA) is 167 Å². The fraction of sp³-hybridized carbons (Fsp3) is 0.390. The van der Waals surface area contributed by atoms with Crippen molar-refractivity contribution in [3.05, 3.63) is 112 Å². The summed E-state index contributed by atoms with van der Waals surface area (Å²) in [4.78, 5) is 29.3. The average Bonchev–Trinajstić information content (AvgIpc) is 3.89. The molecule has 10 nitrogen and oxygen atoms in total. The Bertz CT molecular complexity index is 1980. The lowest BCUT2D eigenvalue weighted by Crippen LogP contribution is -2.60. The third-order valence-electron chi connectivity index (χ3n) is 9.88. The molecule has 12 heteroatoms. The van der Waals surface area contributed by atoms with Crippen LogP contribution in [0.4, 0.5) is 0 Å².